The summed E-state index contributed by atoms with van der Waals surface area (Å²) in [7, 11) is 0. The van der Waals surface area contributed by atoms with Crippen molar-refractivity contribution in [3.05, 3.63) is 64.9 Å². The Morgan fingerprint density at radius 2 is 2.11 bits per heavy atom. The maximum Gasteiger partial charge on any atom is 0.0630 e. The molecule has 1 aliphatic rings. The van der Waals surface area contributed by atoms with Crippen molar-refractivity contribution in [2.45, 2.75) is 12.8 Å². The monoisotopic (exact) mass is 302 g/mol. The van der Waals surface area contributed by atoms with Gasteiger partial charge in [0, 0.05) is 18.1 Å². The molecular weight excluding hydrogens is 288 g/mol. The fourth-order valence-electron chi connectivity index (χ4n) is 1.57. The third kappa shape index (κ3) is 4.34. The molecule has 2 nitrogen and oxygen atoms in total. The first-order valence-electron chi connectivity index (χ1n) is 5.91. The normalized spacial score (nSPS) is 15.8. The van der Waals surface area contributed by atoms with E-state index in [1.54, 1.807) is 6.21 Å². The van der Waals surface area contributed by atoms with E-state index in [9.17, 15) is 0 Å². The van der Waals surface area contributed by atoms with Crippen molar-refractivity contribution in [1.29, 1.82) is 0 Å². The third-order valence-electron chi connectivity index (χ3n) is 2.50. The molecule has 2 rings (SSSR count). The average Bonchev–Trinajstić information content (AvgIpc) is 2.45. The Bertz CT molecular complexity index is 498. The van der Waals surface area contributed by atoms with Crippen molar-refractivity contribution in [2.75, 3.05) is 0 Å². The van der Waals surface area contributed by atoms with Gasteiger partial charge < -0.3 is 5.32 Å². The van der Waals surface area contributed by atoms with Crippen molar-refractivity contribution < 1.29 is 0 Å². The van der Waals surface area contributed by atoms with Crippen LogP contribution in [-0.2, 0) is 0 Å². The van der Waals surface area contributed by atoms with Crippen molar-refractivity contribution in [1.82, 2.24) is 5.32 Å². The van der Waals surface area contributed by atoms with Crippen LogP contribution in [0.2, 0.25) is 0 Å². The Balaban J connectivity index is 1.91. The van der Waals surface area contributed by atoms with Crippen LogP contribution in [0.3, 0.4) is 0 Å². The van der Waals surface area contributed by atoms with E-state index in [4.69, 9.17) is 0 Å². The van der Waals surface area contributed by atoms with Crippen LogP contribution < -0.4 is 5.32 Å². The molecule has 3 heteroatoms. The Kier molecular flexibility index (Phi) is 4.97. The molecule has 0 radical (unpaired) electrons. The highest BCUT2D eigenvalue weighted by molar-refractivity contribution is 9.12. The minimum absolute atomic E-state index is 0.918. The molecule has 1 aliphatic carbocycles. The predicted octanol–water partition coefficient (Wildman–Crippen LogP) is 4.45. The highest BCUT2D eigenvalue weighted by atomic mass is 79.9. The van der Waals surface area contributed by atoms with E-state index in [-0.39, 0.29) is 0 Å². The summed E-state index contributed by atoms with van der Waals surface area (Å²) in [6.45, 7) is 0. The number of hydrogen-bond acceptors (Lipinski definition) is 2. The summed E-state index contributed by atoms with van der Waals surface area (Å²) in [4.78, 5) is 4.36. The van der Waals surface area contributed by atoms with Gasteiger partial charge in [-0.15, -0.1) is 0 Å². The fraction of sp³-hybridized carbons (Fsp3) is 0.133. The van der Waals surface area contributed by atoms with Gasteiger partial charge >= 0.3 is 0 Å². The van der Waals surface area contributed by atoms with Gasteiger partial charge in [-0.05, 0) is 47.0 Å². The minimum Gasteiger partial charge on any atom is -0.364 e. The number of hydrogen-bond donors (Lipinski definition) is 1. The molecule has 0 spiro atoms. The van der Waals surface area contributed by atoms with Crippen LogP contribution in [0.25, 0.3) is 0 Å². The van der Waals surface area contributed by atoms with Gasteiger partial charge in [-0.1, -0.05) is 30.4 Å². The van der Waals surface area contributed by atoms with E-state index in [2.05, 4.69) is 44.5 Å². The zero-order chi connectivity index (χ0) is 12.6. The largest absolute Gasteiger partial charge is 0.364 e. The van der Waals surface area contributed by atoms with Crippen molar-refractivity contribution >= 4 is 27.8 Å². The van der Waals surface area contributed by atoms with Crippen LogP contribution in [0.4, 0.5) is 5.69 Å². The number of nitrogens with one attached hydrogen (secondary N) is 1. The Labute approximate surface area is 116 Å². The lowest BCUT2D eigenvalue weighted by atomic mass is 10.1. The summed E-state index contributed by atoms with van der Waals surface area (Å²) >= 11 is 3.47. The summed E-state index contributed by atoms with van der Waals surface area (Å²) in [6.07, 6.45) is 12.2. The summed E-state index contributed by atoms with van der Waals surface area (Å²) in [5.74, 6) is 0. The van der Waals surface area contributed by atoms with E-state index >= 15 is 0 Å². The molecule has 0 saturated heterocycles. The van der Waals surface area contributed by atoms with Crippen LogP contribution in [-0.4, -0.2) is 6.21 Å². The summed E-state index contributed by atoms with van der Waals surface area (Å²) in [5.41, 5.74) is 2.17. The molecule has 0 aromatic heterocycles. The number of rotatable bonds is 4. The van der Waals surface area contributed by atoms with Crippen LogP contribution in [0.1, 0.15) is 12.8 Å². The van der Waals surface area contributed by atoms with E-state index in [1.807, 2.05) is 36.5 Å². The lowest BCUT2D eigenvalue weighted by Gasteiger charge is -2.08. The van der Waals surface area contributed by atoms with Gasteiger partial charge in [0.05, 0.1) is 10.2 Å². The number of aliphatic imine (C=N–C) groups is 1. The average molecular weight is 303 g/mol. The van der Waals surface area contributed by atoms with Gasteiger partial charge in [0.1, 0.15) is 0 Å². The van der Waals surface area contributed by atoms with E-state index in [0.717, 1.165) is 23.0 Å². The molecule has 1 aromatic carbocycles. The molecule has 1 N–H and O–H groups in total. The number of benzene rings is 1. The first-order chi connectivity index (χ1) is 8.84. The molecule has 0 saturated carbocycles. The van der Waals surface area contributed by atoms with Gasteiger partial charge in [-0.25, -0.2) is 0 Å². The molecule has 0 aliphatic heterocycles. The predicted molar refractivity (Wildman–Crippen MR) is 81.2 cm³/mol. The quantitative estimate of drug-likeness (QED) is 0.817. The maximum atomic E-state index is 4.36. The zero-order valence-electron chi connectivity index (χ0n) is 10.0. The Morgan fingerprint density at radius 1 is 1.28 bits per heavy atom. The van der Waals surface area contributed by atoms with Crippen LogP contribution in [0.15, 0.2) is 69.9 Å². The van der Waals surface area contributed by atoms with E-state index < -0.39 is 0 Å². The maximum absolute atomic E-state index is 4.36. The molecule has 0 heterocycles. The molecule has 0 unspecified atom stereocenters. The molecule has 92 valence electrons. The topological polar surface area (TPSA) is 24.4 Å². The van der Waals surface area contributed by atoms with Gasteiger partial charge in [0.25, 0.3) is 0 Å². The summed E-state index contributed by atoms with van der Waals surface area (Å²) in [5, 5.41) is 3.27. The van der Waals surface area contributed by atoms with Crippen molar-refractivity contribution in [2.24, 2.45) is 4.99 Å². The smallest absolute Gasteiger partial charge is 0.0630 e. The second-order valence-corrected chi connectivity index (χ2v) is 4.84. The number of allylic oxidation sites excluding steroid dienone is 5. The zero-order valence-corrected chi connectivity index (χ0v) is 11.6. The first-order valence-corrected chi connectivity index (χ1v) is 6.71. The van der Waals surface area contributed by atoms with Crippen molar-refractivity contribution in [3.63, 3.8) is 0 Å². The second-order valence-electron chi connectivity index (χ2n) is 3.93. The molecule has 0 bridgehead atoms. The molecular formula is C15H15BrN2. The standard InChI is InChI=1S/C15H15BrN2/c16-13(11-17-14-7-3-1-4-8-14)12-18-15-9-5-2-6-10-15/h1-5,7-9,11-12,18H,6,10H2/b13-12-,17-11+. The summed E-state index contributed by atoms with van der Waals surface area (Å²) < 4.78 is 0.918. The summed E-state index contributed by atoms with van der Waals surface area (Å²) in [6, 6.07) is 9.87. The number of halogens is 1. The molecule has 18 heavy (non-hydrogen) atoms. The van der Waals surface area contributed by atoms with Gasteiger partial charge in [0.15, 0.2) is 0 Å². The lowest BCUT2D eigenvalue weighted by Crippen LogP contribution is -2.06. The van der Waals surface area contributed by atoms with Crippen molar-refractivity contribution in [3.8, 4) is 0 Å². The molecule has 1 aromatic rings. The van der Waals surface area contributed by atoms with Crippen LogP contribution in [0.5, 0.6) is 0 Å². The fourth-order valence-corrected chi connectivity index (χ4v) is 1.79. The van der Waals surface area contributed by atoms with Crippen LogP contribution >= 0.6 is 15.9 Å². The molecule has 0 atom stereocenters. The second kappa shape index (κ2) is 6.97. The van der Waals surface area contributed by atoms with Gasteiger partial charge in [-0.3, -0.25) is 4.99 Å². The number of para-hydroxylation sites is 1. The van der Waals surface area contributed by atoms with E-state index in [0.29, 0.717) is 0 Å². The van der Waals surface area contributed by atoms with Gasteiger partial charge in [0.2, 0.25) is 0 Å². The highest BCUT2D eigenvalue weighted by Gasteiger charge is 1.96. The SMILES string of the molecule is BrC(=C\NC1=CC=CCC1)/C=N/c1ccccc1. The van der Waals surface area contributed by atoms with E-state index in [1.165, 1.54) is 5.70 Å². The Hall–Kier alpha value is -1.61. The van der Waals surface area contributed by atoms with Gasteiger partial charge in [-0.2, -0.15) is 0 Å². The lowest BCUT2D eigenvalue weighted by molar-refractivity contribution is 0.870. The minimum atomic E-state index is 0.918. The molecule has 0 fully saturated rings. The third-order valence-corrected chi connectivity index (χ3v) is 2.94. The van der Waals surface area contributed by atoms with Crippen LogP contribution in [0, 0.1) is 0 Å². The Morgan fingerprint density at radius 3 is 2.83 bits per heavy atom. The first kappa shape index (κ1) is 12.8. The number of nitrogens with zero attached hydrogens (tertiary/aromatic N) is 1. The highest BCUT2D eigenvalue weighted by Crippen LogP contribution is 2.12. The molecule has 0 amide bonds.